The van der Waals surface area contributed by atoms with E-state index in [9.17, 15) is 13.2 Å². The minimum Gasteiger partial charge on any atom is -0.353 e. The lowest BCUT2D eigenvalue weighted by Gasteiger charge is -2.35. The summed E-state index contributed by atoms with van der Waals surface area (Å²) in [7, 11) is -3.58. The molecule has 1 aliphatic heterocycles. The number of aromatic nitrogens is 1. The molecule has 1 fully saturated rings. The van der Waals surface area contributed by atoms with Crippen molar-refractivity contribution in [2.24, 2.45) is 0 Å². The fourth-order valence-corrected chi connectivity index (χ4v) is 5.50. The summed E-state index contributed by atoms with van der Waals surface area (Å²) in [6.07, 6.45) is 1.90. The molecule has 1 aromatic carbocycles. The van der Waals surface area contributed by atoms with Gasteiger partial charge in [-0.2, -0.15) is 0 Å². The van der Waals surface area contributed by atoms with E-state index in [1.807, 2.05) is 17.0 Å². The fourth-order valence-electron chi connectivity index (χ4n) is 3.34. The molecule has 4 rings (SSSR count). The number of thiophene rings is 1. The third-order valence-electron chi connectivity index (χ3n) is 4.99. The third kappa shape index (κ3) is 5.36. The Hall–Kier alpha value is -2.62. The molecular weight excluding hydrogens is 456 g/mol. The van der Waals surface area contributed by atoms with Crippen molar-refractivity contribution >= 4 is 50.4 Å². The second-order valence-electron chi connectivity index (χ2n) is 7.11. The average molecular weight is 477 g/mol. The van der Waals surface area contributed by atoms with Gasteiger partial charge in [0.15, 0.2) is 0 Å². The number of halogens is 1. The molecule has 1 saturated heterocycles. The van der Waals surface area contributed by atoms with Gasteiger partial charge in [-0.3, -0.25) is 9.52 Å². The molecule has 3 heterocycles. The summed E-state index contributed by atoms with van der Waals surface area (Å²) < 4.78 is 27.4. The molecule has 0 aliphatic carbocycles. The molecule has 2 aromatic heterocycles. The van der Waals surface area contributed by atoms with Crippen LogP contribution in [0.1, 0.15) is 5.56 Å². The highest BCUT2D eigenvalue weighted by Gasteiger charge is 2.22. The molecule has 0 saturated carbocycles. The van der Waals surface area contributed by atoms with Crippen LogP contribution in [0, 0.1) is 0 Å². The number of nitrogens with zero attached hydrogens (tertiary/aromatic N) is 3. The Kier molecular flexibility index (Phi) is 6.45. The number of anilines is 2. The van der Waals surface area contributed by atoms with Crippen LogP contribution in [-0.4, -0.2) is 50.4 Å². The monoisotopic (exact) mass is 476 g/mol. The van der Waals surface area contributed by atoms with E-state index < -0.39 is 10.0 Å². The first kappa shape index (κ1) is 21.6. The topological polar surface area (TPSA) is 82.6 Å². The van der Waals surface area contributed by atoms with E-state index >= 15 is 0 Å². The SMILES string of the molecule is O=C(Cc1ccc(NS(=O)(=O)c2cccs2)cc1)N1CCN(c2ccc(Cl)cn2)CC1. The van der Waals surface area contributed by atoms with Gasteiger partial charge in [-0.05, 0) is 41.3 Å². The van der Waals surface area contributed by atoms with Gasteiger partial charge in [0.2, 0.25) is 5.91 Å². The summed E-state index contributed by atoms with van der Waals surface area (Å²) >= 11 is 7.05. The summed E-state index contributed by atoms with van der Waals surface area (Å²) in [5, 5.41) is 2.32. The molecule has 31 heavy (non-hydrogen) atoms. The van der Waals surface area contributed by atoms with E-state index in [1.54, 1.807) is 48.0 Å². The van der Waals surface area contributed by atoms with Crippen molar-refractivity contribution in [1.29, 1.82) is 0 Å². The largest absolute Gasteiger partial charge is 0.353 e. The van der Waals surface area contributed by atoms with Crippen molar-refractivity contribution < 1.29 is 13.2 Å². The number of rotatable bonds is 6. The smallest absolute Gasteiger partial charge is 0.271 e. The number of sulfonamides is 1. The highest BCUT2D eigenvalue weighted by molar-refractivity contribution is 7.94. The van der Waals surface area contributed by atoms with Crippen LogP contribution in [0.3, 0.4) is 0 Å². The Morgan fingerprint density at radius 1 is 1.06 bits per heavy atom. The Morgan fingerprint density at radius 3 is 2.42 bits per heavy atom. The number of piperazine rings is 1. The highest BCUT2D eigenvalue weighted by Crippen LogP contribution is 2.21. The molecule has 7 nitrogen and oxygen atoms in total. The van der Waals surface area contributed by atoms with Gasteiger partial charge in [-0.25, -0.2) is 13.4 Å². The maximum absolute atomic E-state index is 12.7. The predicted molar refractivity (Wildman–Crippen MR) is 123 cm³/mol. The molecule has 0 spiro atoms. The van der Waals surface area contributed by atoms with Gasteiger partial charge in [-0.15, -0.1) is 11.3 Å². The van der Waals surface area contributed by atoms with E-state index in [4.69, 9.17) is 11.6 Å². The number of nitrogens with one attached hydrogen (secondary N) is 1. The predicted octanol–water partition coefficient (Wildman–Crippen LogP) is 3.49. The summed E-state index contributed by atoms with van der Waals surface area (Å²) in [4.78, 5) is 21.0. The van der Waals surface area contributed by atoms with E-state index in [1.165, 1.54) is 0 Å². The van der Waals surface area contributed by atoms with E-state index in [2.05, 4.69) is 14.6 Å². The van der Waals surface area contributed by atoms with Gasteiger partial charge in [0.25, 0.3) is 10.0 Å². The van der Waals surface area contributed by atoms with Crippen LogP contribution < -0.4 is 9.62 Å². The van der Waals surface area contributed by atoms with Crippen molar-refractivity contribution in [3.05, 3.63) is 70.7 Å². The quantitative estimate of drug-likeness (QED) is 0.589. The molecule has 1 amide bonds. The van der Waals surface area contributed by atoms with Crippen LogP contribution in [0.15, 0.2) is 64.3 Å². The molecule has 0 radical (unpaired) electrons. The van der Waals surface area contributed by atoms with Gasteiger partial charge in [0.05, 0.1) is 11.4 Å². The molecule has 3 aromatic rings. The fraction of sp³-hybridized carbons (Fsp3) is 0.238. The normalized spacial score (nSPS) is 14.5. The molecule has 162 valence electrons. The van der Waals surface area contributed by atoms with Gasteiger partial charge >= 0.3 is 0 Å². The zero-order valence-corrected chi connectivity index (χ0v) is 19.0. The van der Waals surface area contributed by atoms with E-state index in [0.717, 1.165) is 22.7 Å². The number of hydrogen-bond acceptors (Lipinski definition) is 6. The lowest BCUT2D eigenvalue weighted by molar-refractivity contribution is -0.130. The zero-order chi connectivity index (χ0) is 21.8. The number of hydrogen-bond donors (Lipinski definition) is 1. The minimum atomic E-state index is -3.58. The van der Waals surface area contributed by atoms with Crippen molar-refractivity contribution in [2.75, 3.05) is 35.8 Å². The maximum Gasteiger partial charge on any atom is 0.271 e. The summed E-state index contributed by atoms with van der Waals surface area (Å²) in [5.41, 5.74) is 1.31. The Bertz CT molecular complexity index is 1130. The van der Waals surface area contributed by atoms with E-state index in [0.29, 0.717) is 36.9 Å². The molecular formula is C21H21ClN4O3S2. The van der Waals surface area contributed by atoms with Crippen LogP contribution in [0.2, 0.25) is 5.02 Å². The van der Waals surface area contributed by atoms with Gasteiger partial charge < -0.3 is 9.80 Å². The van der Waals surface area contributed by atoms with Crippen molar-refractivity contribution in [2.45, 2.75) is 10.6 Å². The van der Waals surface area contributed by atoms with Gasteiger partial charge in [0, 0.05) is 38.1 Å². The Balaban J connectivity index is 1.30. The van der Waals surface area contributed by atoms with Crippen LogP contribution in [0.4, 0.5) is 11.5 Å². The van der Waals surface area contributed by atoms with Crippen LogP contribution in [0.25, 0.3) is 0 Å². The minimum absolute atomic E-state index is 0.0515. The molecule has 0 bridgehead atoms. The standard InChI is InChI=1S/C21H21ClN4O3S2/c22-17-5-8-19(23-15-17)25-9-11-26(12-10-25)20(27)14-16-3-6-18(7-4-16)24-31(28,29)21-2-1-13-30-21/h1-8,13,15,24H,9-12,14H2. The van der Waals surface area contributed by atoms with Gasteiger partial charge in [-0.1, -0.05) is 29.8 Å². The van der Waals surface area contributed by atoms with Crippen LogP contribution >= 0.6 is 22.9 Å². The van der Waals surface area contributed by atoms with Crippen molar-refractivity contribution in [1.82, 2.24) is 9.88 Å². The summed E-state index contributed by atoms with van der Waals surface area (Å²) in [5.74, 6) is 0.910. The number of carbonyl (C=O) groups is 1. The first-order chi connectivity index (χ1) is 14.9. The second kappa shape index (κ2) is 9.25. The summed E-state index contributed by atoms with van der Waals surface area (Å²) in [6.45, 7) is 2.68. The first-order valence-corrected chi connectivity index (χ1v) is 12.4. The molecule has 0 atom stereocenters. The zero-order valence-electron chi connectivity index (χ0n) is 16.6. The molecule has 1 N–H and O–H groups in total. The van der Waals surface area contributed by atoms with E-state index in [-0.39, 0.29) is 16.5 Å². The lowest BCUT2D eigenvalue weighted by Crippen LogP contribution is -2.49. The van der Waals surface area contributed by atoms with Crippen molar-refractivity contribution in [3.8, 4) is 0 Å². The number of benzene rings is 1. The third-order valence-corrected chi connectivity index (χ3v) is 7.99. The Labute approximate surface area is 190 Å². The summed E-state index contributed by atoms with van der Waals surface area (Å²) in [6, 6.07) is 13.9. The Morgan fingerprint density at radius 2 is 1.81 bits per heavy atom. The van der Waals surface area contributed by atoms with Crippen molar-refractivity contribution in [3.63, 3.8) is 0 Å². The van der Waals surface area contributed by atoms with Crippen LogP contribution in [-0.2, 0) is 21.2 Å². The molecule has 10 heteroatoms. The molecule has 1 aliphatic rings. The average Bonchev–Trinajstić information content (AvgIpc) is 3.32. The maximum atomic E-state index is 12.7. The second-order valence-corrected chi connectivity index (χ2v) is 10.4. The molecule has 0 unspecified atom stereocenters. The first-order valence-electron chi connectivity index (χ1n) is 9.70. The highest BCUT2D eigenvalue weighted by atomic mass is 35.5. The number of carbonyl (C=O) groups excluding carboxylic acids is 1. The van der Waals surface area contributed by atoms with Gasteiger partial charge in [0.1, 0.15) is 10.0 Å². The lowest BCUT2D eigenvalue weighted by atomic mass is 10.1. The number of pyridine rings is 1. The van der Waals surface area contributed by atoms with Crippen LogP contribution in [0.5, 0.6) is 0 Å². The number of amides is 1.